The van der Waals surface area contributed by atoms with Gasteiger partial charge in [-0.2, -0.15) is 0 Å². The fourth-order valence-electron chi connectivity index (χ4n) is 1.40. The van der Waals surface area contributed by atoms with Gasteiger partial charge in [-0.15, -0.1) is 0 Å². The van der Waals surface area contributed by atoms with E-state index in [1.54, 1.807) is 0 Å². The standard InChI is InChI=1S/C12H17Br/c1-3-12(13)8-7-11-6-4-5-10(2)9-11/h4-6,9,12H,3,7-8H2,1-2H3. The van der Waals surface area contributed by atoms with Crippen LogP contribution in [-0.2, 0) is 6.42 Å². The summed E-state index contributed by atoms with van der Waals surface area (Å²) in [5, 5.41) is 0. The summed E-state index contributed by atoms with van der Waals surface area (Å²) in [4.78, 5) is 0.674. The number of rotatable bonds is 4. The van der Waals surface area contributed by atoms with Crippen molar-refractivity contribution in [2.75, 3.05) is 0 Å². The van der Waals surface area contributed by atoms with Gasteiger partial charge in [-0.1, -0.05) is 52.7 Å². The van der Waals surface area contributed by atoms with E-state index >= 15 is 0 Å². The lowest BCUT2D eigenvalue weighted by Gasteiger charge is -2.06. The quantitative estimate of drug-likeness (QED) is 0.696. The number of hydrogen-bond acceptors (Lipinski definition) is 0. The van der Waals surface area contributed by atoms with Crippen molar-refractivity contribution in [1.82, 2.24) is 0 Å². The molecule has 1 unspecified atom stereocenters. The SMILES string of the molecule is CCC(Br)CCc1cccc(C)c1. The second-order valence-electron chi connectivity index (χ2n) is 3.53. The molecule has 1 rings (SSSR count). The second-order valence-corrected chi connectivity index (χ2v) is 4.83. The highest BCUT2D eigenvalue weighted by Crippen LogP contribution is 2.14. The van der Waals surface area contributed by atoms with E-state index in [0.29, 0.717) is 4.83 Å². The molecule has 0 saturated carbocycles. The molecule has 72 valence electrons. The molecule has 1 aromatic rings. The van der Waals surface area contributed by atoms with Crippen molar-refractivity contribution in [2.24, 2.45) is 0 Å². The van der Waals surface area contributed by atoms with Crippen LogP contribution in [0.3, 0.4) is 0 Å². The van der Waals surface area contributed by atoms with E-state index in [9.17, 15) is 0 Å². The molecule has 0 saturated heterocycles. The van der Waals surface area contributed by atoms with Gasteiger partial charge in [0.15, 0.2) is 0 Å². The minimum absolute atomic E-state index is 0.674. The summed E-state index contributed by atoms with van der Waals surface area (Å²) in [7, 11) is 0. The number of aryl methyl sites for hydroxylation is 2. The highest BCUT2D eigenvalue weighted by Gasteiger charge is 2.01. The molecule has 0 aliphatic heterocycles. The van der Waals surface area contributed by atoms with Crippen LogP contribution in [0.15, 0.2) is 24.3 Å². The lowest BCUT2D eigenvalue weighted by atomic mass is 10.1. The molecular weight excluding hydrogens is 224 g/mol. The molecule has 1 atom stereocenters. The minimum atomic E-state index is 0.674. The Bertz CT molecular complexity index is 255. The first-order chi connectivity index (χ1) is 6.22. The summed E-state index contributed by atoms with van der Waals surface area (Å²) in [6, 6.07) is 8.77. The van der Waals surface area contributed by atoms with Crippen LogP contribution in [0.1, 0.15) is 30.9 Å². The van der Waals surface area contributed by atoms with E-state index in [2.05, 4.69) is 54.0 Å². The van der Waals surface area contributed by atoms with Crippen molar-refractivity contribution in [3.05, 3.63) is 35.4 Å². The number of halogens is 1. The van der Waals surface area contributed by atoms with Crippen LogP contribution in [0.4, 0.5) is 0 Å². The molecule has 0 bridgehead atoms. The van der Waals surface area contributed by atoms with Crippen molar-refractivity contribution in [1.29, 1.82) is 0 Å². The normalized spacial score (nSPS) is 12.8. The zero-order valence-corrected chi connectivity index (χ0v) is 9.97. The zero-order valence-electron chi connectivity index (χ0n) is 8.39. The van der Waals surface area contributed by atoms with Crippen LogP contribution < -0.4 is 0 Å². The first-order valence-electron chi connectivity index (χ1n) is 4.92. The minimum Gasteiger partial charge on any atom is -0.0891 e. The molecule has 0 radical (unpaired) electrons. The van der Waals surface area contributed by atoms with E-state index < -0.39 is 0 Å². The third kappa shape index (κ3) is 3.95. The monoisotopic (exact) mass is 240 g/mol. The third-order valence-corrected chi connectivity index (χ3v) is 3.38. The molecule has 0 fully saturated rings. The van der Waals surface area contributed by atoms with Crippen molar-refractivity contribution in [3.63, 3.8) is 0 Å². The predicted molar refractivity (Wildman–Crippen MR) is 62.5 cm³/mol. The number of hydrogen-bond donors (Lipinski definition) is 0. The van der Waals surface area contributed by atoms with E-state index in [-0.39, 0.29) is 0 Å². The van der Waals surface area contributed by atoms with Crippen LogP contribution >= 0.6 is 15.9 Å². The summed E-state index contributed by atoms with van der Waals surface area (Å²) in [5.74, 6) is 0. The summed E-state index contributed by atoms with van der Waals surface area (Å²) in [6.07, 6.45) is 3.64. The van der Waals surface area contributed by atoms with Gasteiger partial charge >= 0.3 is 0 Å². The fourth-order valence-corrected chi connectivity index (χ4v) is 1.62. The molecule has 1 heteroatoms. The van der Waals surface area contributed by atoms with Gasteiger partial charge in [0.05, 0.1) is 0 Å². The molecule has 0 aliphatic rings. The van der Waals surface area contributed by atoms with Gasteiger partial charge in [-0.3, -0.25) is 0 Å². The molecular formula is C12H17Br. The smallest absolute Gasteiger partial charge is 0.0146 e. The Morgan fingerprint density at radius 3 is 2.77 bits per heavy atom. The molecule has 0 heterocycles. The van der Waals surface area contributed by atoms with E-state index in [1.807, 2.05) is 0 Å². The molecule has 0 N–H and O–H groups in total. The lowest BCUT2D eigenvalue weighted by molar-refractivity contribution is 0.746. The molecule has 0 aromatic heterocycles. The summed E-state index contributed by atoms with van der Waals surface area (Å²) in [5.41, 5.74) is 2.82. The Morgan fingerprint density at radius 1 is 1.38 bits per heavy atom. The Morgan fingerprint density at radius 2 is 2.15 bits per heavy atom. The molecule has 0 aliphatic carbocycles. The number of benzene rings is 1. The molecule has 0 spiro atoms. The van der Waals surface area contributed by atoms with Crippen molar-refractivity contribution >= 4 is 15.9 Å². The van der Waals surface area contributed by atoms with Gasteiger partial charge < -0.3 is 0 Å². The number of alkyl halides is 1. The maximum Gasteiger partial charge on any atom is 0.0146 e. The van der Waals surface area contributed by atoms with Gasteiger partial charge in [-0.05, 0) is 31.7 Å². The van der Waals surface area contributed by atoms with Gasteiger partial charge in [-0.25, -0.2) is 0 Å². The van der Waals surface area contributed by atoms with E-state index in [1.165, 1.54) is 30.4 Å². The first kappa shape index (κ1) is 10.8. The van der Waals surface area contributed by atoms with Gasteiger partial charge in [0.25, 0.3) is 0 Å². The van der Waals surface area contributed by atoms with Gasteiger partial charge in [0.1, 0.15) is 0 Å². The van der Waals surface area contributed by atoms with E-state index in [4.69, 9.17) is 0 Å². The Hall–Kier alpha value is -0.300. The average molecular weight is 241 g/mol. The average Bonchev–Trinajstić information content (AvgIpc) is 2.14. The van der Waals surface area contributed by atoms with Crippen molar-refractivity contribution in [3.8, 4) is 0 Å². The van der Waals surface area contributed by atoms with Crippen LogP contribution in [0.25, 0.3) is 0 Å². The summed E-state index contributed by atoms with van der Waals surface area (Å²) in [6.45, 7) is 4.37. The summed E-state index contributed by atoms with van der Waals surface area (Å²) >= 11 is 3.65. The van der Waals surface area contributed by atoms with Gasteiger partial charge in [0.2, 0.25) is 0 Å². The lowest BCUT2D eigenvalue weighted by Crippen LogP contribution is -1.97. The molecule has 0 nitrogen and oxygen atoms in total. The van der Waals surface area contributed by atoms with Crippen LogP contribution in [0.2, 0.25) is 0 Å². The second kappa shape index (κ2) is 5.43. The molecule has 13 heavy (non-hydrogen) atoms. The zero-order chi connectivity index (χ0) is 9.68. The Balaban J connectivity index is 2.45. The van der Waals surface area contributed by atoms with Gasteiger partial charge in [0, 0.05) is 4.83 Å². The van der Waals surface area contributed by atoms with Crippen LogP contribution in [0.5, 0.6) is 0 Å². The fraction of sp³-hybridized carbons (Fsp3) is 0.500. The topological polar surface area (TPSA) is 0 Å². The largest absolute Gasteiger partial charge is 0.0891 e. The first-order valence-corrected chi connectivity index (χ1v) is 5.83. The maximum absolute atomic E-state index is 3.65. The van der Waals surface area contributed by atoms with Crippen molar-refractivity contribution < 1.29 is 0 Å². The highest BCUT2D eigenvalue weighted by atomic mass is 79.9. The Kier molecular flexibility index (Phi) is 4.51. The van der Waals surface area contributed by atoms with Crippen LogP contribution in [-0.4, -0.2) is 4.83 Å². The maximum atomic E-state index is 3.65. The predicted octanol–water partition coefficient (Wildman–Crippen LogP) is 4.10. The van der Waals surface area contributed by atoms with E-state index in [0.717, 1.165) is 0 Å². The molecule has 1 aromatic carbocycles. The Labute approximate surface area is 89.5 Å². The van der Waals surface area contributed by atoms with Crippen LogP contribution in [0, 0.1) is 6.92 Å². The van der Waals surface area contributed by atoms with Crippen molar-refractivity contribution in [2.45, 2.75) is 37.9 Å². The molecule has 0 amide bonds. The third-order valence-electron chi connectivity index (χ3n) is 2.27. The summed E-state index contributed by atoms with van der Waals surface area (Å²) < 4.78 is 0. The highest BCUT2D eigenvalue weighted by molar-refractivity contribution is 9.09.